The van der Waals surface area contributed by atoms with Crippen LogP contribution in [0.25, 0.3) is 0 Å². The van der Waals surface area contributed by atoms with E-state index < -0.39 is 0 Å². The third kappa shape index (κ3) is 6.77. The van der Waals surface area contributed by atoms with Crippen molar-refractivity contribution in [1.82, 2.24) is 0 Å². The molecule has 0 amide bonds. The van der Waals surface area contributed by atoms with Crippen LogP contribution in [0.15, 0.2) is 6.08 Å². The zero-order chi connectivity index (χ0) is 8.53. The number of ether oxygens (including phenoxy) is 1. The topological polar surface area (TPSA) is 69.4 Å². The maximum Gasteiger partial charge on any atom is 0.307 e. The van der Waals surface area contributed by atoms with Crippen LogP contribution in [0.4, 0.5) is 0 Å². The summed E-state index contributed by atoms with van der Waals surface area (Å²) in [5, 5.41) is 0. The molecule has 62 valence electrons. The molecule has 4 nitrogen and oxygen atoms in total. The molecular weight excluding hydrogens is 146 g/mol. The van der Waals surface area contributed by atoms with Gasteiger partial charge in [0.2, 0.25) is 0 Å². The average molecular weight is 157 g/mol. The predicted molar refractivity (Wildman–Crippen MR) is 39.5 cm³/mol. The molecule has 0 fully saturated rings. The second-order valence-electron chi connectivity index (χ2n) is 1.87. The highest BCUT2D eigenvalue weighted by Crippen LogP contribution is 1.86. The summed E-state index contributed by atoms with van der Waals surface area (Å²) < 4.78 is 4.66. The number of hydrogen-bond acceptors (Lipinski definition) is 4. The van der Waals surface area contributed by atoms with Crippen molar-refractivity contribution in [2.24, 2.45) is 5.73 Å². The van der Waals surface area contributed by atoms with Crippen LogP contribution in [0.2, 0.25) is 0 Å². The van der Waals surface area contributed by atoms with Crippen LogP contribution in [0.1, 0.15) is 12.8 Å². The van der Waals surface area contributed by atoms with E-state index in [1.807, 2.05) is 0 Å². The number of rotatable bonds is 5. The molecule has 0 saturated carbocycles. The molecule has 0 bridgehead atoms. The van der Waals surface area contributed by atoms with Crippen LogP contribution in [0.3, 0.4) is 0 Å². The molecule has 11 heavy (non-hydrogen) atoms. The molecule has 0 aromatic rings. The van der Waals surface area contributed by atoms with E-state index in [1.165, 1.54) is 6.08 Å². The highest BCUT2D eigenvalue weighted by molar-refractivity contribution is 5.69. The Bertz CT molecular complexity index is 161. The first-order chi connectivity index (χ1) is 5.31. The van der Waals surface area contributed by atoms with E-state index in [4.69, 9.17) is 5.73 Å². The molecule has 2 N–H and O–H groups in total. The normalized spacial score (nSPS) is 8.45. The first kappa shape index (κ1) is 9.88. The van der Waals surface area contributed by atoms with Gasteiger partial charge in [0.1, 0.15) is 5.94 Å². The Kier molecular flexibility index (Phi) is 6.28. The number of carbonyl (C=O) groups is 1. The summed E-state index contributed by atoms with van der Waals surface area (Å²) in [6, 6.07) is 0. The molecule has 0 aromatic heterocycles. The van der Waals surface area contributed by atoms with Gasteiger partial charge in [-0.3, -0.25) is 4.79 Å². The Morgan fingerprint density at radius 2 is 2.36 bits per heavy atom. The van der Waals surface area contributed by atoms with Gasteiger partial charge in [0, 0.05) is 19.0 Å². The highest BCUT2D eigenvalue weighted by atomic mass is 16.5. The Morgan fingerprint density at radius 1 is 1.64 bits per heavy atom. The molecule has 0 spiro atoms. The van der Waals surface area contributed by atoms with Crippen LogP contribution in [-0.4, -0.2) is 25.1 Å². The zero-order valence-electron chi connectivity index (χ0n) is 6.21. The van der Waals surface area contributed by atoms with Crippen LogP contribution in [0, 0.1) is 0 Å². The third-order valence-electron chi connectivity index (χ3n) is 0.957. The summed E-state index contributed by atoms with van der Waals surface area (Å²) in [5.74, 6) is 1.26. The first-order valence-corrected chi connectivity index (χ1v) is 3.36. The van der Waals surface area contributed by atoms with E-state index in [0.29, 0.717) is 13.0 Å². The summed E-state index contributed by atoms with van der Waals surface area (Å²) in [5.41, 5.74) is 5.09. The lowest BCUT2D eigenvalue weighted by molar-refractivity contribution is -0.143. The number of esters is 1. The number of nitrogens with two attached hydrogens (primary N) is 1. The molecule has 0 radical (unpaired) electrons. The van der Waals surface area contributed by atoms with Gasteiger partial charge in [-0.2, -0.15) is 0 Å². The Morgan fingerprint density at radius 3 is 2.91 bits per heavy atom. The monoisotopic (exact) mass is 157 g/mol. The Labute approximate surface area is 65.0 Å². The van der Waals surface area contributed by atoms with Crippen molar-refractivity contribution in [2.75, 3.05) is 13.2 Å². The zero-order valence-corrected chi connectivity index (χ0v) is 6.21. The second kappa shape index (κ2) is 6.99. The van der Waals surface area contributed by atoms with E-state index in [0.717, 1.165) is 0 Å². The standard InChI is InChI=1S/C7H11NO3/c8-4-3-7(10)11-6-2-1-5-9/h1H,2-4,6,8H2. The SMILES string of the molecule is NCCC(=O)OCCC=C=O. The van der Waals surface area contributed by atoms with Crippen LogP contribution >= 0.6 is 0 Å². The van der Waals surface area contributed by atoms with Crippen molar-refractivity contribution in [2.45, 2.75) is 12.8 Å². The van der Waals surface area contributed by atoms with Crippen molar-refractivity contribution in [3.8, 4) is 0 Å². The molecule has 4 heteroatoms. The van der Waals surface area contributed by atoms with Crippen LogP contribution in [0.5, 0.6) is 0 Å². The summed E-state index contributed by atoms with van der Waals surface area (Å²) in [6.07, 6.45) is 1.92. The molecule has 0 aliphatic heterocycles. The lowest BCUT2D eigenvalue weighted by atomic mass is 10.4. The molecule has 0 saturated heterocycles. The maximum absolute atomic E-state index is 10.6. The van der Waals surface area contributed by atoms with Gasteiger partial charge in [-0.1, -0.05) is 0 Å². The highest BCUT2D eigenvalue weighted by Gasteiger charge is 1.97. The van der Waals surface area contributed by atoms with Crippen molar-refractivity contribution >= 4 is 11.9 Å². The van der Waals surface area contributed by atoms with Gasteiger partial charge in [-0.15, -0.1) is 0 Å². The lowest BCUT2D eigenvalue weighted by Crippen LogP contribution is -2.11. The van der Waals surface area contributed by atoms with Gasteiger partial charge in [0.05, 0.1) is 13.0 Å². The third-order valence-corrected chi connectivity index (χ3v) is 0.957. The van der Waals surface area contributed by atoms with Gasteiger partial charge in [-0.25, -0.2) is 4.79 Å². The number of carbonyl (C=O) groups excluding carboxylic acids is 2. The minimum atomic E-state index is -0.327. The fraction of sp³-hybridized carbons (Fsp3) is 0.571. The van der Waals surface area contributed by atoms with Gasteiger partial charge < -0.3 is 10.5 Å². The van der Waals surface area contributed by atoms with Gasteiger partial charge in [0.25, 0.3) is 0 Å². The smallest absolute Gasteiger partial charge is 0.307 e. The molecule has 0 rings (SSSR count). The molecule has 0 aliphatic carbocycles. The minimum absolute atomic E-state index is 0.227. The Balaban J connectivity index is 3.23. The predicted octanol–water partition coefficient (Wildman–Crippen LogP) is -0.344. The summed E-state index contributed by atoms with van der Waals surface area (Å²) in [4.78, 5) is 20.2. The summed E-state index contributed by atoms with van der Waals surface area (Å²) in [7, 11) is 0. The molecular formula is C7H11NO3. The molecule has 0 heterocycles. The van der Waals surface area contributed by atoms with Crippen LogP contribution in [-0.2, 0) is 14.3 Å². The van der Waals surface area contributed by atoms with E-state index in [1.54, 1.807) is 5.94 Å². The fourth-order valence-electron chi connectivity index (χ4n) is 0.481. The first-order valence-electron chi connectivity index (χ1n) is 3.36. The molecule has 0 unspecified atom stereocenters. The fourth-order valence-corrected chi connectivity index (χ4v) is 0.481. The minimum Gasteiger partial charge on any atom is -0.465 e. The van der Waals surface area contributed by atoms with Gasteiger partial charge in [-0.05, 0) is 0 Å². The maximum atomic E-state index is 10.6. The van der Waals surface area contributed by atoms with Crippen molar-refractivity contribution in [1.29, 1.82) is 0 Å². The summed E-state index contributed by atoms with van der Waals surface area (Å²) >= 11 is 0. The van der Waals surface area contributed by atoms with Crippen molar-refractivity contribution in [3.63, 3.8) is 0 Å². The quantitative estimate of drug-likeness (QED) is 0.336. The van der Waals surface area contributed by atoms with Gasteiger partial charge >= 0.3 is 5.97 Å². The number of hydrogen-bond donors (Lipinski definition) is 1. The molecule has 0 atom stereocenters. The van der Waals surface area contributed by atoms with E-state index >= 15 is 0 Å². The van der Waals surface area contributed by atoms with E-state index in [-0.39, 0.29) is 19.0 Å². The summed E-state index contributed by atoms with van der Waals surface area (Å²) in [6.45, 7) is 0.524. The largest absolute Gasteiger partial charge is 0.465 e. The second-order valence-corrected chi connectivity index (χ2v) is 1.87. The lowest BCUT2D eigenvalue weighted by Gasteiger charge is -1.99. The van der Waals surface area contributed by atoms with E-state index in [9.17, 15) is 9.59 Å². The van der Waals surface area contributed by atoms with Crippen molar-refractivity contribution < 1.29 is 14.3 Å². The van der Waals surface area contributed by atoms with Crippen LogP contribution < -0.4 is 5.73 Å². The average Bonchev–Trinajstić information content (AvgIpc) is 1.99. The van der Waals surface area contributed by atoms with Gasteiger partial charge in [0.15, 0.2) is 0 Å². The Hall–Kier alpha value is -1.12. The molecule has 0 aromatic carbocycles. The van der Waals surface area contributed by atoms with Crippen molar-refractivity contribution in [3.05, 3.63) is 6.08 Å². The van der Waals surface area contributed by atoms with E-state index in [2.05, 4.69) is 4.74 Å². The molecule has 0 aliphatic rings.